The van der Waals surface area contributed by atoms with Gasteiger partial charge in [-0.25, -0.2) is 0 Å². The summed E-state index contributed by atoms with van der Waals surface area (Å²) in [7, 11) is 0. The van der Waals surface area contributed by atoms with Crippen LogP contribution in [0.3, 0.4) is 0 Å². The molecule has 1 saturated carbocycles. The van der Waals surface area contributed by atoms with Crippen molar-refractivity contribution in [3.8, 4) is 0 Å². The van der Waals surface area contributed by atoms with Crippen molar-refractivity contribution in [2.45, 2.75) is 140 Å². The van der Waals surface area contributed by atoms with Gasteiger partial charge in [-0.15, -0.1) is 0 Å². The van der Waals surface area contributed by atoms with Gasteiger partial charge in [-0.2, -0.15) is 0 Å². The van der Waals surface area contributed by atoms with Crippen molar-refractivity contribution in [3.63, 3.8) is 0 Å². The zero-order chi connectivity index (χ0) is 19.6. The first-order chi connectivity index (χ1) is 12.7. The highest BCUT2D eigenvalue weighted by Crippen LogP contribution is 2.47. The maximum Gasteiger partial charge on any atom is 0.254 e. The third-order valence-corrected chi connectivity index (χ3v) is 7.13. The molecule has 3 fully saturated rings. The number of amides is 1. The van der Waals surface area contributed by atoms with E-state index >= 15 is 0 Å². The Morgan fingerprint density at radius 3 is 1.89 bits per heavy atom. The Labute approximate surface area is 166 Å². The van der Waals surface area contributed by atoms with Crippen LogP contribution in [0.25, 0.3) is 0 Å². The van der Waals surface area contributed by atoms with Gasteiger partial charge in [0.1, 0.15) is 5.72 Å². The molecule has 0 radical (unpaired) electrons. The van der Waals surface area contributed by atoms with Crippen LogP contribution < -0.4 is 10.6 Å². The Bertz CT molecular complexity index is 520. The minimum absolute atomic E-state index is 0.0595. The summed E-state index contributed by atoms with van der Waals surface area (Å²) in [6, 6.07) is 0. The van der Waals surface area contributed by atoms with E-state index in [0.717, 1.165) is 44.9 Å². The number of hydrogen-bond donors (Lipinski definition) is 2. The topological polar surface area (TPSA) is 50.4 Å². The van der Waals surface area contributed by atoms with Gasteiger partial charge in [-0.1, -0.05) is 51.9 Å². The molecule has 156 valence electrons. The van der Waals surface area contributed by atoms with Crippen LogP contribution in [-0.2, 0) is 9.53 Å². The predicted octanol–water partition coefficient (Wildman–Crippen LogP) is 5.20. The normalized spacial score (nSPS) is 37.6. The van der Waals surface area contributed by atoms with Crippen LogP contribution in [-0.4, -0.2) is 28.3 Å². The smallest absolute Gasteiger partial charge is 0.254 e. The number of ether oxygens (including phenoxy) is 1. The van der Waals surface area contributed by atoms with Gasteiger partial charge in [0.2, 0.25) is 0 Å². The first-order valence-corrected chi connectivity index (χ1v) is 11.5. The maximum atomic E-state index is 13.3. The highest BCUT2D eigenvalue weighted by Gasteiger charge is 2.61. The van der Waals surface area contributed by atoms with E-state index in [1.165, 1.54) is 44.9 Å². The van der Waals surface area contributed by atoms with E-state index in [4.69, 9.17) is 4.74 Å². The minimum atomic E-state index is -0.670. The summed E-state index contributed by atoms with van der Waals surface area (Å²) in [5, 5.41) is 7.17. The quantitative estimate of drug-likeness (QED) is 0.659. The van der Waals surface area contributed by atoms with Gasteiger partial charge in [0, 0.05) is 23.9 Å². The summed E-state index contributed by atoms with van der Waals surface area (Å²) < 4.78 is 6.87. The summed E-state index contributed by atoms with van der Waals surface area (Å²) in [6.07, 6.45) is 16.0. The lowest BCUT2D eigenvalue weighted by Gasteiger charge is -2.51. The third kappa shape index (κ3) is 4.87. The molecule has 2 atom stereocenters. The molecule has 4 heteroatoms. The Morgan fingerprint density at radius 1 is 0.852 bits per heavy atom. The zero-order valence-corrected chi connectivity index (χ0v) is 18.2. The molecule has 0 bridgehead atoms. The van der Waals surface area contributed by atoms with Crippen molar-refractivity contribution < 1.29 is 9.53 Å². The molecule has 27 heavy (non-hydrogen) atoms. The van der Waals surface area contributed by atoms with Gasteiger partial charge < -0.3 is 15.4 Å². The van der Waals surface area contributed by atoms with E-state index in [1.54, 1.807) is 0 Å². The fourth-order valence-corrected chi connectivity index (χ4v) is 5.94. The average Bonchev–Trinajstić information content (AvgIpc) is 2.80. The summed E-state index contributed by atoms with van der Waals surface area (Å²) in [4.78, 5) is 13.3. The van der Waals surface area contributed by atoms with Crippen molar-refractivity contribution in [1.29, 1.82) is 0 Å². The molecule has 3 rings (SSSR count). The predicted molar refractivity (Wildman–Crippen MR) is 111 cm³/mol. The largest absolute Gasteiger partial charge is 0.339 e. The van der Waals surface area contributed by atoms with Gasteiger partial charge in [0.25, 0.3) is 5.91 Å². The summed E-state index contributed by atoms with van der Waals surface area (Å²) in [6.45, 7) is 8.88. The van der Waals surface area contributed by atoms with Gasteiger partial charge >= 0.3 is 0 Å². The molecular formula is C23H42N2O2. The van der Waals surface area contributed by atoms with Crippen LogP contribution in [0.4, 0.5) is 0 Å². The number of carbonyl (C=O) groups excluding carboxylic acids is 1. The molecule has 1 aliphatic carbocycles. The first kappa shape index (κ1) is 21.1. The van der Waals surface area contributed by atoms with Crippen LogP contribution in [0.2, 0.25) is 0 Å². The molecule has 0 aromatic heterocycles. The number of rotatable bonds is 1. The van der Waals surface area contributed by atoms with Crippen molar-refractivity contribution >= 4 is 5.91 Å². The summed E-state index contributed by atoms with van der Waals surface area (Å²) in [5.74, 6) is 0.142. The monoisotopic (exact) mass is 378 g/mol. The van der Waals surface area contributed by atoms with E-state index in [2.05, 4.69) is 38.3 Å². The summed E-state index contributed by atoms with van der Waals surface area (Å²) >= 11 is 0. The lowest BCUT2D eigenvalue weighted by Crippen LogP contribution is -2.66. The second-order valence-electron chi connectivity index (χ2n) is 10.5. The molecule has 2 aliphatic heterocycles. The fraction of sp³-hybridized carbons (Fsp3) is 0.957. The van der Waals surface area contributed by atoms with Gasteiger partial charge in [-0.05, 0) is 52.9 Å². The highest BCUT2D eigenvalue weighted by atomic mass is 16.6. The molecule has 4 nitrogen and oxygen atoms in total. The van der Waals surface area contributed by atoms with Crippen LogP contribution in [0.1, 0.15) is 118 Å². The van der Waals surface area contributed by atoms with Crippen LogP contribution >= 0.6 is 0 Å². The van der Waals surface area contributed by atoms with Crippen molar-refractivity contribution in [2.24, 2.45) is 0 Å². The Balaban J connectivity index is 1.79. The van der Waals surface area contributed by atoms with Crippen LogP contribution in [0.5, 0.6) is 0 Å². The number of piperidine rings is 1. The average molecular weight is 379 g/mol. The molecule has 0 aromatic carbocycles. The SMILES string of the molecule is CCC1(C)CC2(CC(C)(C)N1)OC1(CCCCCCCCCCC1)NC2=O. The lowest BCUT2D eigenvalue weighted by atomic mass is 9.71. The molecule has 2 spiro atoms. The van der Waals surface area contributed by atoms with Crippen LogP contribution in [0, 0.1) is 0 Å². The number of carbonyl (C=O) groups is 1. The van der Waals surface area contributed by atoms with Crippen molar-refractivity contribution in [3.05, 3.63) is 0 Å². The van der Waals surface area contributed by atoms with Crippen LogP contribution in [0.15, 0.2) is 0 Å². The van der Waals surface area contributed by atoms with E-state index in [9.17, 15) is 4.79 Å². The molecule has 2 N–H and O–H groups in total. The first-order valence-electron chi connectivity index (χ1n) is 11.5. The molecule has 1 amide bonds. The van der Waals surface area contributed by atoms with Crippen molar-refractivity contribution in [1.82, 2.24) is 10.6 Å². The Morgan fingerprint density at radius 2 is 1.37 bits per heavy atom. The van der Waals surface area contributed by atoms with Crippen molar-refractivity contribution in [2.75, 3.05) is 0 Å². The Hall–Kier alpha value is -0.610. The molecule has 0 aromatic rings. The standard InChI is InChI=1S/C23H42N2O2/c1-5-21(4)18-22(17-20(2,3)25-21)19(26)24-23(27-22)15-13-11-9-7-6-8-10-12-14-16-23/h25H,5-18H2,1-4H3,(H,24,26). The number of hydrogen-bond acceptors (Lipinski definition) is 3. The Kier molecular flexibility index (Phi) is 6.27. The number of nitrogens with one attached hydrogen (secondary N) is 2. The summed E-state index contributed by atoms with van der Waals surface area (Å²) in [5.41, 5.74) is -1.26. The highest BCUT2D eigenvalue weighted by molar-refractivity contribution is 5.88. The third-order valence-electron chi connectivity index (χ3n) is 7.13. The molecule has 3 aliphatic rings. The fourth-order valence-electron chi connectivity index (χ4n) is 5.94. The van der Waals surface area contributed by atoms with E-state index in [-0.39, 0.29) is 17.0 Å². The molecule has 2 saturated heterocycles. The zero-order valence-electron chi connectivity index (χ0n) is 18.2. The second kappa shape index (κ2) is 8.02. The van der Waals surface area contributed by atoms with E-state index < -0.39 is 11.3 Å². The minimum Gasteiger partial charge on any atom is -0.339 e. The van der Waals surface area contributed by atoms with Gasteiger partial charge in [0.05, 0.1) is 0 Å². The van der Waals surface area contributed by atoms with E-state index in [0.29, 0.717) is 0 Å². The van der Waals surface area contributed by atoms with E-state index in [1.807, 2.05) is 0 Å². The second-order valence-corrected chi connectivity index (χ2v) is 10.5. The molecule has 2 heterocycles. The lowest BCUT2D eigenvalue weighted by molar-refractivity contribution is -0.166. The maximum absolute atomic E-state index is 13.3. The van der Waals surface area contributed by atoms with Gasteiger partial charge in [0.15, 0.2) is 5.60 Å². The molecular weight excluding hydrogens is 336 g/mol. The van der Waals surface area contributed by atoms with Gasteiger partial charge in [-0.3, -0.25) is 4.79 Å². The molecule has 2 unspecified atom stereocenters.